The van der Waals surface area contributed by atoms with E-state index in [1.165, 1.54) is 18.7 Å². The Morgan fingerprint density at radius 3 is 3.11 bits per heavy atom. The van der Waals surface area contributed by atoms with Gasteiger partial charge in [-0.3, -0.25) is 0 Å². The average Bonchev–Trinajstić information content (AvgIpc) is 2.41. The van der Waals surface area contributed by atoms with E-state index >= 15 is 0 Å². The normalized spacial score (nSPS) is 19.1. The number of aromatic nitrogens is 1. The molecule has 0 saturated carbocycles. The second-order valence-corrected chi connectivity index (χ2v) is 4.67. The largest absolute Gasteiger partial charge is 0.478 e. The molecule has 0 aliphatic carbocycles. The third kappa shape index (κ3) is 3.82. The Morgan fingerprint density at radius 1 is 1.58 bits per heavy atom. The topological polar surface area (TPSA) is 97.5 Å². The van der Waals surface area contributed by atoms with Gasteiger partial charge in [0.15, 0.2) is 0 Å². The highest BCUT2D eigenvalue weighted by molar-refractivity contribution is 5.94. The third-order valence-electron chi connectivity index (χ3n) is 3.21. The van der Waals surface area contributed by atoms with Crippen LogP contribution in [0.5, 0.6) is 0 Å². The zero-order valence-corrected chi connectivity index (χ0v) is 10.8. The van der Waals surface area contributed by atoms with Crippen molar-refractivity contribution in [1.29, 1.82) is 0 Å². The summed E-state index contributed by atoms with van der Waals surface area (Å²) >= 11 is 0. The highest BCUT2D eigenvalue weighted by Crippen LogP contribution is 2.17. The van der Waals surface area contributed by atoms with Crippen molar-refractivity contribution in [3.05, 3.63) is 17.8 Å². The number of carbonyl (C=O) groups is 1. The van der Waals surface area contributed by atoms with Gasteiger partial charge in [-0.15, -0.1) is 0 Å². The molecule has 0 radical (unpaired) electrons. The van der Waals surface area contributed by atoms with Crippen LogP contribution in [0.1, 0.15) is 36.0 Å². The van der Waals surface area contributed by atoms with E-state index in [0.717, 1.165) is 25.9 Å². The molecular formula is C13H19N3O3. The maximum absolute atomic E-state index is 10.9. The van der Waals surface area contributed by atoms with Crippen LogP contribution >= 0.6 is 0 Å². The first-order chi connectivity index (χ1) is 9.16. The minimum absolute atomic E-state index is 0.0754. The fourth-order valence-electron chi connectivity index (χ4n) is 2.14. The number of pyridine rings is 1. The zero-order chi connectivity index (χ0) is 13.7. The Kier molecular flexibility index (Phi) is 4.57. The molecule has 1 fully saturated rings. The molecule has 6 heteroatoms. The first-order valence-corrected chi connectivity index (χ1v) is 6.51. The summed E-state index contributed by atoms with van der Waals surface area (Å²) in [5.41, 5.74) is 5.79. The van der Waals surface area contributed by atoms with Gasteiger partial charge in [0.25, 0.3) is 0 Å². The monoisotopic (exact) mass is 265 g/mol. The molecule has 1 aromatic heterocycles. The molecule has 1 unspecified atom stereocenters. The van der Waals surface area contributed by atoms with Crippen LogP contribution in [0.3, 0.4) is 0 Å². The fourth-order valence-corrected chi connectivity index (χ4v) is 2.14. The first-order valence-electron chi connectivity index (χ1n) is 6.51. The summed E-state index contributed by atoms with van der Waals surface area (Å²) < 4.78 is 5.62. The van der Waals surface area contributed by atoms with E-state index < -0.39 is 5.97 Å². The lowest BCUT2D eigenvalue weighted by Crippen LogP contribution is -2.22. The quantitative estimate of drug-likeness (QED) is 0.750. The van der Waals surface area contributed by atoms with Crippen LogP contribution in [0.2, 0.25) is 0 Å². The maximum Gasteiger partial charge on any atom is 0.337 e. The number of nitrogens with two attached hydrogens (primary N) is 1. The first kappa shape index (κ1) is 13.6. The summed E-state index contributed by atoms with van der Waals surface area (Å²) in [6.07, 6.45) is 6.02. The number of carboxylic acids is 1. The lowest BCUT2D eigenvalue weighted by Gasteiger charge is -2.22. The van der Waals surface area contributed by atoms with E-state index in [9.17, 15) is 4.79 Å². The zero-order valence-electron chi connectivity index (χ0n) is 10.8. The summed E-state index contributed by atoms with van der Waals surface area (Å²) in [5.74, 6) is -0.513. The van der Waals surface area contributed by atoms with Gasteiger partial charge in [0.05, 0.1) is 23.6 Å². The van der Waals surface area contributed by atoms with Gasteiger partial charge in [0.1, 0.15) is 5.82 Å². The van der Waals surface area contributed by atoms with Crippen LogP contribution < -0.4 is 11.1 Å². The molecule has 104 valence electrons. The summed E-state index contributed by atoms with van der Waals surface area (Å²) in [7, 11) is 0. The van der Waals surface area contributed by atoms with Gasteiger partial charge in [-0.2, -0.15) is 0 Å². The maximum atomic E-state index is 10.9. The van der Waals surface area contributed by atoms with Gasteiger partial charge in [0.2, 0.25) is 0 Å². The van der Waals surface area contributed by atoms with Gasteiger partial charge < -0.3 is 20.9 Å². The fraction of sp³-hybridized carbons (Fsp3) is 0.538. The van der Waals surface area contributed by atoms with Gasteiger partial charge in [-0.05, 0) is 31.7 Å². The van der Waals surface area contributed by atoms with Crippen molar-refractivity contribution < 1.29 is 14.6 Å². The van der Waals surface area contributed by atoms with Crippen molar-refractivity contribution in [2.75, 3.05) is 24.2 Å². The Bertz CT molecular complexity index is 445. The van der Waals surface area contributed by atoms with Crippen LogP contribution in [0.25, 0.3) is 0 Å². The summed E-state index contributed by atoms with van der Waals surface area (Å²) in [6.45, 7) is 1.55. The summed E-state index contributed by atoms with van der Waals surface area (Å²) in [4.78, 5) is 15.0. The lowest BCUT2D eigenvalue weighted by molar-refractivity contribution is 0.0134. The molecule has 0 spiro atoms. The van der Waals surface area contributed by atoms with Crippen LogP contribution in [-0.2, 0) is 4.74 Å². The molecule has 2 heterocycles. The number of ether oxygens (including phenoxy) is 1. The molecule has 2 rings (SSSR count). The van der Waals surface area contributed by atoms with Crippen LogP contribution in [0.4, 0.5) is 11.5 Å². The molecule has 0 amide bonds. The van der Waals surface area contributed by atoms with Gasteiger partial charge >= 0.3 is 5.97 Å². The summed E-state index contributed by atoms with van der Waals surface area (Å²) in [5, 5.41) is 12.1. The number of hydrogen-bond acceptors (Lipinski definition) is 5. The molecule has 6 nitrogen and oxygen atoms in total. The third-order valence-corrected chi connectivity index (χ3v) is 3.21. The minimum atomic E-state index is -1.04. The van der Waals surface area contributed by atoms with Crippen LogP contribution in [-0.4, -0.2) is 35.3 Å². The standard InChI is InChI=1S/C13H19N3O3/c14-11-8-16-12(7-10(11)13(17)18)15-5-4-9-3-1-2-6-19-9/h7-9H,1-6,14H2,(H,15,16)(H,17,18). The predicted molar refractivity (Wildman–Crippen MR) is 72.3 cm³/mol. The van der Waals surface area contributed by atoms with Gasteiger partial charge in [-0.25, -0.2) is 9.78 Å². The molecule has 4 N–H and O–H groups in total. The molecule has 19 heavy (non-hydrogen) atoms. The highest BCUT2D eigenvalue weighted by Gasteiger charge is 2.14. The Hall–Kier alpha value is -1.82. The highest BCUT2D eigenvalue weighted by atomic mass is 16.5. The molecule has 1 saturated heterocycles. The smallest absolute Gasteiger partial charge is 0.337 e. The number of aromatic carboxylic acids is 1. The Labute approximate surface area is 112 Å². The van der Waals surface area contributed by atoms with E-state index in [2.05, 4.69) is 10.3 Å². The van der Waals surface area contributed by atoms with Crippen molar-refractivity contribution in [3.63, 3.8) is 0 Å². The van der Waals surface area contributed by atoms with Crippen molar-refractivity contribution in [1.82, 2.24) is 4.98 Å². The van der Waals surface area contributed by atoms with Crippen LogP contribution in [0.15, 0.2) is 12.3 Å². The molecule has 1 aromatic rings. The van der Waals surface area contributed by atoms with Gasteiger partial charge in [0, 0.05) is 13.2 Å². The van der Waals surface area contributed by atoms with Crippen molar-refractivity contribution in [2.45, 2.75) is 31.8 Å². The van der Waals surface area contributed by atoms with E-state index in [1.54, 1.807) is 0 Å². The van der Waals surface area contributed by atoms with E-state index in [1.807, 2.05) is 0 Å². The van der Waals surface area contributed by atoms with E-state index in [4.69, 9.17) is 15.6 Å². The number of rotatable bonds is 5. The molecule has 1 aliphatic rings. The number of nitrogen functional groups attached to an aromatic ring is 1. The molecular weight excluding hydrogens is 246 g/mol. The number of anilines is 2. The predicted octanol–water partition coefficient (Wildman–Crippen LogP) is 1.73. The lowest BCUT2D eigenvalue weighted by atomic mass is 10.1. The SMILES string of the molecule is Nc1cnc(NCCC2CCCCO2)cc1C(=O)O. The molecule has 1 atom stereocenters. The second-order valence-electron chi connectivity index (χ2n) is 4.67. The van der Waals surface area contributed by atoms with E-state index in [-0.39, 0.29) is 11.3 Å². The van der Waals surface area contributed by atoms with Crippen molar-refractivity contribution >= 4 is 17.5 Å². The minimum Gasteiger partial charge on any atom is -0.478 e. The van der Waals surface area contributed by atoms with Gasteiger partial charge in [-0.1, -0.05) is 0 Å². The number of nitrogens with zero attached hydrogens (tertiary/aromatic N) is 1. The van der Waals surface area contributed by atoms with Crippen LogP contribution in [0, 0.1) is 0 Å². The van der Waals surface area contributed by atoms with Crippen molar-refractivity contribution in [3.8, 4) is 0 Å². The molecule has 1 aliphatic heterocycles. The molecule has 0 aromatic carbocycles. The Morgan fingerprint density at radius 2 is 2.42 bits per heavy atom. The second kappa shape index (κ2) is 6.38. The number of carboxylic acid groups (broad SMARTS) is 1. The average molecular weight is 265 g/mol. The molecule has 0 bridgehead atoms. The van der Waals surface area contributed by atoms with Crippen molar-refractivity contribution in [2.24, 2.45) is 0 Å². The number of nitrogens with one attached hydrogen (secondary N) is 1. The Balaban J connectivity index is 1.85. The summed E-state index contributed by atoms with van der Waals surface area (Å²) in [6, 6.07) is 1.46. The van der Waals surface area contributed by atoms with E-state index in [0.29, 0.717) is 18.5 Å². The number of hydrogen-bond donors (Lipinski definition) is 3.